The summed E-state index contributed by atoms with van der Waals surface area (Å²) in [6, 6.07) is 20.2. The summed E-state index contributed by atoms with van der Waals surface area (Å²) in [6.07, 6.45) is -0.355. The van der Waals surface area contributed by atoms with Crippen LogP contribution < -0.4 is 10.2 Å². The normalized spacial score (nSPS) is 15.0. The van der Waals surface area contributed by atoms with Gasteiger partial charge in [-0.15, -0.1) is 0 Å². The summed E-state index contributed by atoms with van der Waals surface area (Å²) in [4.78, 5) is 26.7. The summed E-state index contributed by atoms with van der Waals surface area (Å²) in [5.74, 6) is -0.539. The summed E-state index contributed by atoms with van der Waals surface area (Å²) in [5.41, 5.74) is 4.43. The van der Waals surface area contributed by atoms with E-state index in [1.807, 2.05) is 18.2 Å². The molecule has 0 spiro atoms. The number of carbonyl (C=O) groups excluding carboxylic acids is 1. The Morgan fingerprint density at radius 3 is 2.41 bits per heavy atom. The number of halogens is 3. The number of likely N-dealkylation sites (N-methyl/N-ethyl adjacent to an activating group) is 1. The molecule has 2 heterocycles. The molecule has 1 aliphatic rings. The van der Waals surface area contributed by atoms with E-state index in [1.165, 1.54) is 17.8 Å². The number of aromatic nitrogens is 2. The highest BCUT2D eigenvalue weighted by molar-refractivity contribution is 6.04. The Morgan fingerprint density at radius 2 is 1.68 bits per heavy atom. The second-order valence-corrected chi connectivity index (χ2v) is 10.5. The monoisotopic (exact) mass is 559 g/mol. The predicted molar refractivity (Wildman–Crippen MR) is 155 cm³/mol. The standard InChI is InChI=1S/C32H32F3N5O/c1-22(24-5-4-8-27(19-24)38-31(41)25-6-3-7-26(18-25)32(33,34)35)17-28-20-36-21-30(37-28)23-9-11-29(12-10-23)40-15-13-39(2)14-16-40/h3-12,18-22H,13-17H2,1-2H3,(H,38,41)/t22-/m1/s1. The summed E-state index contributed by atoms with van der Waals surface area (Å²) < 4.78 is 39.2. The Balaban J connectivity index is 1.24. The first-order valence-electron chi connectivity index (χ1n) is 13.6. The largest absolute Gasteiger partial charge is 0.416 e. The zero-order valence-corrected chi connectivity index (χ0v) is 23.0. The number of carbonyl (C=O) groups is 1. The van der Waals surface area contributed by atoms with Crippen molar-refractivity contribution in [3.63, 3.8) is 0 Å². The quantitative estimate of drug-likeness (QED) is 0.280. The summed E-state index contributed by atoms with van der Waals surface area (Å²) in [5, 5.41) is 2.72. The Labute approximate surface area is 237 Å². The molecule has 6 nitrogen and oxygen atoms in total. The van der Waals surface area contributed by atoms with E-state index in [2.05, 4.69) is 58.3 Å². The lowest BCUT2D eigenvalue weighted by Crippen LogP contribution is -2.44. The number of benzene rings is 3. The molecule has 1 saturated heterocycles. The van der Waals surface area contributed by atoms with Gasteiger partial charge in [0.1, 0.15) is 0 Å². The third kappa shape index (κ3) is 7.10. The van der Waals surface area contributed by atoms with Crippen molar-refractivity contribution < 1.29 is 18.0 Å². The lowest BCUT2D eigenvalue weighted by atomic mass is 9.95. The molecular formula is C32H32F3N5O. The van der Waals surface area contributed by atoms with Gasteiger partial charge in [0.2, 0.25) is 0 Å². The zero-order valence-electron chi connectivity index (χ0n) is 23.0. The SMILES string of the molecule is C[C@H](Cc1cncc(-c2ccc(N3CCN(C)CC3)cc2)n1)c1cccc(NC(=O)c2cccc(C(F)(F)F)c2)c1. The van der Waals surface area contributed by atoms with E-state index in [0.29, 0.717) is 12.1 Å². The molecule has 41 heavy (non-hydrogen) atoms. The molecule has 9 heteroatoms. The summed E-state index contributed by atoms with van der Waals surface area (Å²) >= 11 is 0. The molecule has 1 amide bonds. The summed E-state index contributed by atoms with van der Waals surface area (Å²) in [6.45, 7) is 6.20. The highest BCUT2D eigenvalue weighted by Gasteiger charge is 2.31. The van der Waals surface area contributed by atoms with Crippen LogP contribution in [-0.4, -0.2) is 54.0 Å². The minimum atomic E-state index is -4.51. The van der Waals surface area contributed by atoms with Crippen LogP contribution in [0.3, 0.4) is 0 Å². The van der Waals surface area contributed by atoms with E-state index in [0.717, 1.165) is 60.8 Å². The average molecular weight is 560 g/mol. The van der Waals surface area contributed by atoms with E-state index in [9.17, 15) is 18.0 Å². The van der Waals surface area contributed by atoms with E-state index in [1.54, 1.807) is 18.5 Å². The van der Waals surface area contributed by atoms with Gasteiger partial charge in [-0.05, 0) is 67.4 Å². The molecule has 0 bridgehead atoms. The van der Waals surface area contributed by atoms with Crippen molar-refractivity contribution >= 4 is 17.3 Å². The molecule has 3 aromatic carbocycles. The van der Waals surface area contributed by atoms with Gasteiger partial charge in [0.25, 0.3) is 5.91 Å². The second-order valence-electron chi connectivity index (χ2n) is 10.5. The molecule has 1 aliphatic heterocycles. The number of hydrogen-bond donors (Lipinski definition) is 1. The van der Waals surface area contributed by atoms with E-state index >= 15 is 0 Å². The number of nitrogens with one attached hydrogen (secondary N) is 1. The Kier molecular flexibility index (Phi) is 8.35. The molecule has 4 aromatic rings. The lowest BCUT2D eigenvalue weighted by molar-refractivity contribution is -0.137. The maximum absolute atomic E-state index is 13.1. The predicted octanol–water partition coefficient (Wildman–Crippen LogP) is 6.51. The van der Waals surface area contributed by atoms with Gasteiger partial charge in [0.15, 0.2) is 0 Å². The van der Waals surface area contributed by atoms with Crippen LogP contribution in [0.4, 0.5) is 24.5 Å². The second kappa shape index (κ2) is 12.1. The molecule has 0 radical (unpaired) electrons. The van der Waals surface area contributed by atoms with Gasteiger partial charge in [0, 0.05) is 54.9 Å². The van der Waals surface area contributed by atoms with Crippen molar-refractivity contribution in [3.8, 4) is 11.3 Å². The van der Waals surface area contributed by atoms with Crippen LogP contribution >= 0.6 is 0 Å². The molecule has 0 aliphatic carbocycles. The Hall–Kier alpha value is -4.24. The van der Waals surface area contributed by atoms with Crippen molar-refractivity contribution in [1.82, 2.24) is 14.9 Å². The van der Waals surface area contributed by atoms with Crippen LogP contribution in [0, 0.1) is 0 Å². The number of rotatable bonds is 7. The van der Waals surface area contributed by atoms with Crippen molar-refractivity contribution in [2.24, 2.45) is 0 Å². The van der Waals surface area contributed by atoms with Crippen LogP contribution in [0.5, 0.6) is 0 Å². The molecule has 1 N–H and O–H groups in total. The maximum atomic E-state index is 13.1. The zero-order chi connectivity index (χ0) is 29.0. The van der Waals surface area contributed by atoms with Crippen LogP contribution in [-0.2, 0) is 12.6 Å². The highest BCUT2D eigenvalue weighted by Crippen LogP contribution is 2.30. The first-order valence-corrected chi connectivity index (χ1v) is 13.6. The van der Waals surface area contributed by atoms with Crippen LogP contribution in [0.25, 0.3) is 11.3 Å². The number of anilines is 2. The maximum Gasteiger partial charge on any atom is 0.416 e. The van der Waals surface area contributed by atoms with Crippen LogP contribution in [0.15, 0.2) is 85.2 Å². The minimum absolute atomic E-state index is 0.0538. The van der Waals surface area contributed by atoms with E-state index in [-0.39, 0.29) is 11.5 Å². The fourth-order valence-electron chi connectivity index (χ4n) is 4.95. The first-order chi connectivity index (χ1) is 19.7. The number of alkyl halides is 3. The minimum Gasteiger partial charge on any atom is -0.369 e. The van der Waals surface area contributed by atoms with Gasteiger partial charge in [-0.1, -0.05) is 37.3 Å². The van der Waals surface area contributed by atoms with E-state index in [4.69, 9.17) is 4.98 Å². The summed E-state index contributed by atoms with van der Waals surface area (Å²) in [7, 11) is 2.14. The lowest BCUT2D eigenvalue weighted by Gasteiger charge is -2.34. The molecular weight excluding hydrogens is 527 g/mol. The number of amides is 1. The van der Waals surface area contributed by atoms with Gasteiger partial charge in [-0.2, -0.15) is 13.2 Å². The van der Waals surface area contributed by atoms with Gasteiger partial charge < -0.3 is 15.1 Å². The number of piperazine rings is 1. The molecule has 1 aromatic heterocycles. The Bertz CT molecular complexity index is 1500. The van der Waals surface area contributed by atoms with Gasteiger partial charge >= 0.3 is 6.18 Å². The topological polar surface area (TPSA) is 61.4 Å². The fraction of sp³-hybridized carbons (Fsp3) is 0.281. The van der Waals surface area contributed by atoms with Crippen molar-refractivity contribution in [3.05, 3.63) is 108 Å². The first kappa shape index (κ1) is 28.3. The van der Waals surface area contributed by atoms with E-state index < -0.39 is 17.6 Å². The third-order valence-corrected chi connectivity index (χ3v) is 7.40. The number of hydrogen-bond acceptors (Lipinski definition) is 5. The molecule has 0 saturated carbocycles. The van der Waals surface area contributed by atoms with Gasteiger partial charge in [-0.25, -0.2) is 4.98 Å². The average Bonchev–Trinajstić information content (AvgIpc) is 2.97. The van der Waals surface area contributed by atoms with Crippen molar-refractivity contribution in [2.75, 3.05) is 43.4 Å². The Morgan fingerprint density at radius 1 is 0.951 bits per heavy atom. The van der Waals surface area contributed by atoms with Gasteiger partial charge in [-0.3, -0.25) is 9.78 Å². The van der Waals surface area contributed by atoms with Gasteiger partial charge in [0.05, 0.1) is 23.1 Å². The molecule has 212 valence electrons. The molecule has 0 unspecified atom stereocenters. The van der Waals surface area contributed by atoms with Crippen LogP contribution in [0.1, 0.15) is 40.0 Å². The smallest absolute Gasteiger partial charge is 0.369 e. The van der Waals surface area contributed by atoms with Crippen LogP contribution in [0.2, 0.25) is 0 Å². The highest BCUT2D eigenvalue weighted by atomic mass is 19.4. The van der Waals surface area contributed by atoms with Crippen molar-refractivity contribution in [2.45, 2.75) is 25.4 Å². The molecule has 1 atom stereocenters. The molecule has 1 fully saturated rings. The van der Waals surface area contributed by atoms with Crippen molar-refractivity contribution in [1.29, 1.82) is 0 Å². The number of nitrogens with zero attached hydrogens (tertiary/aromatic N) is 4. The fourth-order valence-corrected chi connectivity index (χ4v) is 4.95. The third-order valence-electron chi connectivity index (χ3n) is 7.40. The molecule has 5 rings (SSSR count).